The number of carbonyl (C=O) groups is 2. The van der Waals surface area contributed by atoms with E-state index in [1.54, 1.807) is 23.1 Å². The second-order valence-electron chi connectivity index (χ2n) is 8.03. The van der Waals surface area contributed by atoms with E-state index in [-0.39, 0.29) is 28.8 Å². The first-order chi connectivity index (χ1) is 17.5. The van der Waals surface area contributed by atoms with Gasteiger partial charge in [0, 0.05) is 27.9 Å². The number of hydrogen-bond donors (Lipinski definition) is 2. The van der Waals surface area contributed by atoms with Crippen molar-refractivity contribution in [3.63, 3.8) is 0 Å². The highest BCUT2D eigenvalue weighted by Crippen LogP contribution is 2.47. The Morgan fingerprint density at radius 2 is 2.19 bits per heavy atom. The molecule has 0 fully saturated rings. The number of thioether (sulfide) groups is 1. The van der Waals surface area contributed by atoms with Gasteiger partial charge >= 0.3 is 0 Å². The number of amides is 1. The Bertz CT molecular complexity index is 1440. The molecule has 36 heavy (non-hydrogen) atoms. The predicted molar refractivity (Wildman–Crippen MR) is 140 cm³/mol. The third-order valence-corrected chi connectivity index (χ3v) is 8.30. The van der Waals surface area contributed by atoms with Crippen molar-refractivity contribution in [3.8, 4) is 6.07 Å². The molecule has 1 aliphatic carbocycles. The summed E-state index contributed by atoms with van der Waals surface area (Å²) in [6.45, 7) is 0. The lowest BCUT2D eigenvalue weighted by Crippen LogP contribution is -2.38. The van der Waals surface area contributed by atoms with Gasteiger partial charge in [-0.3, -0.25) is 14.5 Å². The molecule has 1 unspecified atom stereocenters. The maximum atomic E-state index is 13.0. The minimum atomic E-state index is -0.646. The Morgan fingerprint density at radius 1 is 1.33 bits per heavy atom. The van der Waals surface area contributed by atoms with Gasteiger partial charge in [0.25, 0.3) is 0 Å². The fourth-order valence-electron chi connectivity index (χ4n) is 4.29. The Labute approximate surface area is 223 Å². The predicted octanol–water partition coefficient (Wildman–Crippen LogP) is 4.93. The van der Waals surface area contributed by atoms with Crippen LogP contribution in [-0.2, 0) is 9.59 Å². The van der Waals surface area contributed by atoms with Crippen molar-refractivity contribution in [2.75, 3.05) is 16.0 Å². The Hall–Kier alpha value is -3.40. The van der Waals surface area contributed by atoms with Crippen LogP contribution in [0.1, 0.15) is 30.9 Å². The number of nitrogens with two attached hydrogens (primary N) is 1. The summed E-state index contributed by atoms with van der Waals surface area (Å²) in [5.74, 6) is -0.0145. The molecule has 3 N–H and O–H groups in total. The molecule has 9 nitrogen and oxygen atoms in total. The van der Waals surface area contributed by atoms with E-state index in [0.717, 1.165) is 4.47 Å². The Balaban J connectivity index is 1.40. The number of nitrogens with zero attached hydrogens (tertiary/aromatic N) is 4. The second kappa shape index (κ2) is 10.3. The number of furan rings is 1. The van der Waals surface area contributed by atoms with Crippen LogP contribution in [0, 0.1) is 11.3 Å². The summed E-state index contributed by atoms with van der Waals surface area (Å²) in [4.78, 5) is 27.1. The average Bonchev–Trinajstić information content (AvgIpc) is 3.55. The molecule has 2 aromatic heterocycles. The summed E-state index contributed by atoms with van der Waals surface area (Å²) in [7, 11) is 0. The van der Waals surface area contributed by atoms with Crippen LogP contribution >= 0.6 is 39.0 Å². The zero-order chi connectivity index (χ0) is 25.2. The van der Waals surface area contributed by atoms with Gasteiger partial charge in [-0.2, -0.15) is 5.26 Å². The van der Waals surface area contributed by atoms with Crippen molar-refractivity contribution in [2.45, 2.75) is 29.5 Å². The third-order valence-electron chi connectivity index (χ3n) is 5.76. The zero-order valence-electron chi connectivity index (χ0n) is 18.7. The van der Waals surface area contributed by atoms with Gasteiger partial charge in [0.05, 0.1) is 29.6 Å². The minimum absolute atomic E-state index is 0.0359. The maximum absolute atomic E-state index is 13.0. The number of aromatic nitrogens is 2. The molecule has 3 heterocycles. The monoisotopic (exact) mass is 582 g/mol. The van der Waals surface area contributed by atoms with E-state index in [9.17, 15) is 14.9 Å². The molecule has 1 aromatic carbocycles. The number of nitrogens with one attached hydrogen (secondary N) is 1. The smallest absolute Gasteiger partial charge is 0.234 e. The standard InChI is InChI=1S/C24H19BrN6O3S2/c25-13-4-1-5-14(10-13)28-19(33)12-35-24-30-29-23(36-24)31-16-6-2-7-17(32)21(16)20(15(11-26)22(31)27)18-8-3-9-34-18/h1,3-5,8-10,20H,2,6-7,12,27H2,(H,28,33). The van der Waals surface area contributed by atoms with Crippen molar-refractivity contribution >= 4 is 61.5 Å². The molecule has 5 rings (SSSR count). The van der Waals surface area contributed by atoms with Crippen LogP contribution in [0.15, 0.2) is 78.6 Å². The van der Waals surface area contributed by atoms with Crippen molar-refractivity contribution in [2.24, 2.45) is 5.73 Å². The number of hydrogen-bond acceptors (Lipinski definition) is 10. The van der Waals surface area contributed by atoms with Crippen molar-refractivity contribution in [1.82, 2.24) is 10.2 Å². The lowest BCUT2D eigenvalue weighted by Gasteiger charge is -2.37. The van der Waals surface area contributed by atoms with Gasteiger partial charge in [-0.25, -0.2) is 0 Å². The molecule has 0 saturated heterocycles. The van der Waals surface area contributed by atoms with E-state index < -0.39 is 5.92 Å². The summed E-state index contributed by atoms with van der Waals surface area (Å²) in [6.07, 6.45) is 3.19. The van der Waals surface area contributed by atoms with Gasteiger partial charge in [-0.1, -0.05) is 45.1 Å². The second-order valence-corrected chi connectivity index (χ2v) is 11.1. The molecule has 0 spiro atoms. The molecule has 3 aromatic rings. The van der Waals surface area contributed by atoms with Crippen molar-refractivity contribution in [1.29, 1.82) is 5.26 Å². The van der Waals surface area contributed by atoms with Crippen LogP contribution in [0.2, 0.25) is 0 Å². The number of nitriles is 1. The molecule has 182 valence electrons. The lowest BCUT2D eigenvalue weighted by molar-refractivity contribution is -0.116. The van der Waals surface area contributed by atoms with E-state index >= 15 is 0 Å². The average molecular weight is 583 g/mol. The van der Waals surface area contributed by atoms with E-state index in [2.05, 4.69) is 37.5 Å². The zero-order valence-corrected chi connectivity index (χ0v) is 22.0. The van der Waals surface area contributed by atoms with E-state index in [1.165, 1.54) is 29.4 Å². The summed E-state index contributed by atoms with van der Waals surface area (Å²) in [5, 5.41) is 21.8. The van der Waals surface area contributed by atoms with Gasteiger partial charge in [-0.15, -0.1) is 10.2 Å². The van der Waals surface area contributed by atoms with Crippen LogP contribution in [-0.4, -0.2) is 27.6 Å². The number of rotatable bonds is 6. The van der Waals surface area contributed by atoms with E-state index in [4.69, 9.17) is 10.2 Å². The first-order valence-corrected chi connectivity index (χ1v) is 13.6. The molecule has 0 bridgehead atoms. The normalized spacial score (nSPS) is 17.7. The number of anilines is 2. The largest absolute Gasteiger partial charge is 0.468 e. The molecule has 1 amide bonds. The lowest BCUT2D eigenvalue weighted by atomic mass is 9.78. The molecule has 1 aliphatic heterocycles. The number of benzene rings is 1. The topological polar surface area (TPSA) is 138 Å². The Morgan fingerprint density at radius 3 is 2.94 bits per heavy atom. The van der Waals surface area contributed by atoms with Crippen molar-refractivity contribution < 1.29 is 14.0 Å². The summed E-state index contributed by atoms with van der Waals surface area (Å²) < 4.78 is 7.02. The van der Waals surface area contributed by atoms with Crippen LogP contribution in [0.3, 0.4) is 0 Å². The van der Waals surface area contributed by atoms with Gasteiger partial charge in [0.15, 0.2) is 10.1 Å². The SMILES string of the molecule is N#CC1=C(N)N(c2nnc(SCC(=O)Nc3cccc(Br)c3)s2)C2=C(C(=O)CCC2)C1c1ccco1. The van der Waals surface area contributed by atoms with Gasteiger partial charge < -0.3 is 15.5 Å². The van der Waals surface area contributed by atoms with E-state index in [1.807, 2.05) is 18.2 Å². The molecule has 0 saturated carbocycles. The van der Waals surface area contributed by atoms with Crippen LogP contribution in [0.25, 0.3) is 0 Å². The molecule has 2 aliphatic rings. The Kier molecular flexibility index (Phi) is 6.95. The molecule has 1 atom stereocenters. The summed E-state index contributed by atoms with van der Waals surface area (Å²) in [5.41, 5.74) is 8.65. The molecular formula is C24H19BrN6O3S2. The highest BCUT2D eigenvalue weighted by Gasteiger charge is 2.42. The number of carbonyl (C=O) groups excluding carboxylic acids is 2. The summed E-state index contributed by atoms with van der Waals surface area (Å²) in [6, 6.07) is 13.0. The highest BCUT2D eigenvalue weighted by molar-refractivity contribution is 9.10. The van der Waals surface area contributed by atoms with Gasteiger partial charge in [-0.05, 0) is 43.2 Å². The third kappa shape index (κ3) is 4.69. The highest BCUT2D eigenvalue weighted by atomic mass is 79.9. The number of allylic oxidation sites excluding steroid dienone is 3. The first kappa shape index (κ1) is 24.3. The molecular weight excluding hydrogens is 564 g/mol. The van der Waals surface area contributed by atoms with Crippen LogP contribution < -0.4 is 16.0 Å². The summed E-state index contributed by atoms with van der Waals surface area (Å²) >= 11 is 5.88. The number of ketones is 1. The fraction of sp³-hybridized carbons (Fsp3) is 0.208. The minimum Gasteiger partial charge on any atom is -0.468 e. The first-order valence-electron chi connectivity index (χ1n) is 11.0. The van der Waals surface area contributed by atoms with E-state index in [0.29, 0.717) is 51.5 Å². The quantitative estimate of drug-likeness (QED) is 0.387. The van der Waals surface area contributed by atoms with Gasteiger partial charge in [0.2, 0.25) is 11.0 Å². The number of halogens is 1. The molecule has 12 heteroatoms. The molecule has 0 radical (unpaired) electrons. The fourth-order valence-corrected chi connectivity index (χ4v) is 6.37. The van der Waals surface area contributed by atoms with Crippen LogP contribution in [0.4, 0.5) is 10.8 Å². The van der Waals surface area contributed by atoms with Gasteiger partial charge in [0.1, 0.15) is 11.6 Å². The number of Topliss-reactive ketones (excluding diaryl/α,β-unsaturated/α-hetero) is 1. The van der Waals surface area contributed by atoms with Crippen LogP contribution in [0.5, 0.6) is 0 Å². The maximum Gasteiger partial charge on any atom is 0.234 e. The van der Waals surface area contributed by atoms with Crippen molar-refractivity contribution in [3.05, 3.63) is 75.6 Å².